The fourth-order valence-corrected chi connectivity index (χ4v) is 3.63. The SMILES string of the molecule is CC1CC(C)(C)CCC1Nc1ccc(S(N)(=O)=O)cc1. The molecule has 1 aromatic carbocycles. The summed E-state index contributed by atoms with van der Waals surface area (Å²) in [6.07, 6.45) is 3.56. The van der Waals surface area contributed by atoms with Crippen molar-refractivity contribution in [2.24, 2.45) is 16.5 Å². The number of nitrogens with one attached hydrogen (secondary N) is 1. The van der Waals surface area contributed by atoms with Gasteiger partial charge in [0.15, 0.2) is 0 Å². The number of sulfonamides is 1. The molecule has 112 valence electrons. The van der Waals surface area contributed by atoms with Gasteiger partial charge in [0.25, 0.3) is 0 Å². The molecular formula is C15H24N2O2S. The Bertz CT molecular complexity index is 564. The van der Waals surface area contributed by atoms with E-state index in [2.05, 4.69) is 26.1 Å². The summed E-state index contributed by atoms with van der Waals surface area (Å²) in [5.74, 6) is 0.608. The van der Waals surface area contributed by atoms with Crippen molar-refractivity contribution in [2.75, 3.05) is 5.32 Å². The predicted octanol–water partition coefficient (Wildman–Crippen LogP) is 2.96. The Morgan fingerprint density at radius 1 is 1.25 bits per heavy atom. The topological polar surface area (TPSA) is 72.2 Å². The summed E-state index contributed by atoms with van der Waals surface area (Å²) in [6, 6.07) is 7.12. The zero-order chi connectivity index (χ0) is 15.0. The molecule has 1 aliphatic rings. The van der Waals surface area contributed by atoms with E-state index >= 15 is 0 Å². The third kappa shape index (κ3) is 3.73. The zero-order valence-corrected chi connectivity index (χ0v) is 13.2. The third-order valence-electron chi connectivity index (χ3n) is 4.23. The molecule has 0 saturated heterocycles. The Balaban J connectivity index is 2.04. The number of benzene rings is 1. The van der Waals surface area contributed by atoms with E-state index in [0.29, 0.717) is 17.4 Å². The van der Waals surface area contributed by atoms with Crippen LogP contribution in [0.1, 0.15) is 40.0 Å². The van der Waals surface area contributed by atoms with Gasteiger partial charge in [0, 0.05) is 11.7 Å². The van der Waals surface area contributed by atoms with Crippen LogP contribution in [0.25, 0.3) is 0 Å². The predicted molar refractivity (Wildman–Crippen MR) is 82.0 cm³/mol. The lowest BCUT2D eigenvalue weighted by Gasteiger charge is -2.40. The van der Waals surface area contributed by atoms with Crippen molar-refractivity contribution in [3.05, 3.63) is 24.3 Å². The first-order valence-electron chi connectivity index (χ1n) is 7.07. The smallest absolute Gasteiger partial charge is 0.238 e. The van der Waals surface area contributed by atoms with Gasteiger partial charge in [-0.15, -0.1) is 0 Å². The molecule has 2 unspecified atom stereocenters. The molecule has 0 radical (unpaired) electrons. The van der Waals surface area contributed by atoms with Crippen molar-refractivity contribution >= 4 is 15.7 Å². The van der Waals surface area contributed by atoms with Gasteiger partial charge in [0.1, 0.15) is 0 Å². The summed E-state index contributed by atoms with van der Waals surface area (Å²) >= 11 is 0. The average molecular weight is 296 g/mol. The summed E-state index contributed by atoms with van der Waals surface area (Å²) in [4.78, 5) is 0.154. The number of anilines is 1. The number of rotatable bonds is 3. The maximum atomic E-state index is 11.2. The van der Waals surface area contributed by atoms with Crippen molar-refractivity contribution in [2.45, 2.75) is 51.0 Å². The number of hydrogen-bond donors (Lipinski definition) is 2. The first kappa shape index (κ1) is 15.3. The zero-order valence-electron chi connectivity index (χ0n) is 12.4. The molecule has 0 spiro atoms. The van der Waals surface area contributed by atoms with Crippen LogP contribution in [0.3, 0.4) is 0 Å². The molecule has 0 bridgehead atoms. The Morgan fingerprint density at radius 2 is 1.85 bits per heavy atom. The van der Waals surface area contributed by atoms with Crippen LogP contribution in [0.15, 0.2) is 29.2 Å². The van der Waals surface area contributed by atoms with Gasteiger partial charge in [-0.25, -0.2) is 13.6 Å². The molecule has 0 heterocycles. The molecule has 2 atom stereocenters. The second-order valence-electron chi connectivity index (χ2n) is 6.70. The minimum Gasteiger partial charge on any atom is -0.382 e. The van der Waals surface area contributed by atoms with Crippen LogP contribution >= 0.6 is 0 Å². The van der Waals surface area contributed by atoms with Gasteiger partial charge >= 0.3 is 0 Å². The molecule has 2 rings (SSSR count). The van der Waals surface area contributed by atoms with E-state index < -0.39 is 10.0 Å². The van der Waals surface area contributed by atoms with E-state index in [-0.39, 0.29) is 4.90 Å². The van der Waals surface area contributed by atoms with Crippen molar-refractivity contribution in [3.63, 3.8) is 0 Å². The van der Waals surface area contributed by atoms with E-state index in [1.165, 1.54) is 12.8 Å². The second-order valence-corrected chi connectivity index (χ2v) is 8.27. The molecule has 0 aliphatic heterocycles. The van der Waals surface area contributed by atoms with Gasteiger partial charge in [0.05, 0.1) is 4.90 Å². The van der Waals surface area contributed by atoms with Crippen molar-refractivity contribution < 1.29 is 8.42 Å². The Morgan fingerprint density at radius 3 is 2.35 bits per heavy atom. The molecule has 3 N–H and O–H groups in total. The highest BCUT2D eigenvalue weighted by Gasteiger charge is 2.32. The number of nitrogens with two attached hydrogens (primary N) is 1. The van der Waals surface area contributed by atoms with E-state index in [1.54, 1.807) is 24.3 Å². The standard InChI is InChI=1S/C15H24N2O2S/c1-11-10-15(2,3)9-8-14(11)17-12-4-6-13(7-5-12)20(16,18)19/h4-7,11,14,17H,8-10H2,1-3H3,(H2,16,18,19). The van der Waals surface area contributed by atoms with Crippen LogP contribution in [0.5, 0.6) is 0 Å². The van der Waals surface area contributed by atoms with Crippen molar-refractivity contribution in [1.29, 1.82) is 0 Å². The number of primary sulfonamides is 1. The molecule has 4 nitrogen and oxygen atoms in total. The van der Waals surface area contributed by atoms with E-state index in [4.69, 9.17) is 5.14 Å². The monoisotopic (exact) mass is 296 g/mol. The minimum atomic E-state index is -3.61. The fraction of sp³-hybridized carbons (Fsp3) is 0.600. The van der Waals surface area contributed by atoms with E-state index in [9.17, 15) is 8.42 Å². The molecule has 1 saturated carbocycles. The van der Waals surface area contributed by atoms with Gasteiger partial charge in [-0.2, -0.15) is 0 Å². The number of hydrogen-bond acceptors (Lipinski definition) is 3. The Labute approximate surface area is 121 Å². The normalized spacial score (nSPS) is 26.2. The third-order valence-corrected chi connectivity index (χ3v) is 5.16. The molecule has 1 aromatic rings. The summed E-state index contributed by atoms with van der Waals surface area (Å²) < 4.78 is 22.4. The van der Waals surface area contributed by atoms with Gasteiger partial charge in [-0.3, -0.25) is 0 Å². The highest BCUT2D eigenvalue weighted by atomic mass is 32.2. The molecule has 0 aromatic heterocycles. The van der Waals surface area contributed by atoms with Gasteiger partial charge < -0.3 is 5.32 Å². The minimum absolute atomic E-state index is 0.154. The summed E-state index contributed by atoms with van der Waals surface area (Å²) in [5.41, 5.74) is 1.38. The highest BCUT2D eigenvalue weighted by Crippen LogP contribution is 2.39. The average Bonchev–Trinajstić information content (AvgIpc) is 2.32. The van der Waals surface area contributed by atoms with Crippen molar-refractivity contribution in [1.82, 2.24) is 0 Å². The summed E-state index contributed by atoms with van der Waals surface area (Å²) in [5, 5.41) is 8.61. The van der Waals surface area contributed by atoms with Crippen LogP contribution in [-0.4, -0.2) is 14.5 Å². The maximum Gasteiger partial charge on any atom is 0.238 e. The second kappa shape index (κ2) is 5.37. The highest BCUT2D eigenvalue weighted by molar-refractivity contribution is 7.89. The first-order chi connectivity index (χ1) is 9.17. The fourth-order valence-electron chi connectivity index (χ4n) is 3.12. The van der Waals surface area contributed by atoms with Crippen LogP contribution in [0.2, 0.25) is 0 Å². The van der Waals surface area contributed by atoms with Crippen LogP contribution in [0.4, 0.5) is 5.69 Å². The Kier molecular flexibility index (Phi) is 4.12. The van der Waals surface area contributed by atoms with Crippen LogP contribution in [-0.2, 0) is 10.0 Å². The Hall–Kier alpha value is -1.07. The summed E-state index contributed by atoms with van der Waals surface area (Å²) in [6.45, 7) is 6.92. The molecule has 20 heavy (non-hydrogen) atoms. The molecule has 1 fully saturated rings. The quantitative estimate of drug-likeness (QED) is 0.900. The van der Waals surface area contributed by atoms with Crippen LogP contribution in [0, 0.1) is 11.3 Å². The molecule has 1 aliphatic carbocycles. The molecule has 5 heteroatoms. The summed E-state index contributed by atoms with van der Waals surface area (Å²) in [7, 11) is -3.61. The lowest BCUT2D eigenvalue weighted by molar-refractivity contribution is 0.177. The van der Waals surface area contributed by atoms with Gasteiger partial charge in [-0.05, 0) is 54.9 Å². The maximum absolute atomic E-state index is 11.2. The lowest BCUT2D eigenvalue weighted by atomic mass is 9.70. The van der Waals surface area contributed by atoms with Gasteiger partial charge in [0.2, 0.25) is 10.0 Å². The lowest BCUT2D eigenvalue weighted by Crippen LogP contribution is -2.36. The van der Waals surface area contributed by atoms with Crippen molar-refractivity contribution in [3.8, 4) is 0 Å². The molecule has 0 amide bonds. The largest absolute Gasteiger partial charge is 0.382 e. The van der Waals surface area contributed by atoms with E-state index in [1.807, 2.05) is 0 Å². The van der Waals surface area contributed by atoms with E-state index in [0.717, 1.165) is 12.1 Å². The van der Waals surface area contributed by atoms with Crippen LogP contribution < -0.4 is 10.5 Å². The first-order valence-corrected chi connectivity index (χ1v) is 8.61. The molecular weight excluding hydrogens is 272 g/mol. The van der Waals surface area contributed by atoms with Gasteiger partial charge in [-0.1, -0.05) is 20.8 Å².